The van der Waals surface area contributed by atoms with Crippen LogP contribution < -0.4 is 0 Å². The Balaban J connectivity index is 1.45. The Morgan fingerprint density at radius 2 is 1.96 bits per heavy atom. The van der Waals surface area contributed by atoms with Gasteiger partial charge in [-0.3, -0.25) is 14.6 Å². The first-order chi connectivity index (χ1) is 13.2. The molecule has 3 rings (SSSR count). The number of aromatic nitrogens is 3. The van der Waals surface area contributed by atoms with Crippen LogP contribution in [-0.2, 0) is 16.0 Å². The summed E-state index contributed by atoms with van der Waals surface area (Å²) in [4.78, 5) is 33.3. The van der Waals surface area contributed by atoms with E-state index in [1.54, 1.807) is 42.2 Å². The van der Waals surface area contributed by atoms with Crippen molar-refractivity contribution in [3.05, 3.63) is 60.1 Å². The van der Waals surface area contributed by atoms with E-state index in [1.807, 2.05) is 24.5 Å². The molecule has 0 aliphatic rings. The summed E-state index contributed by atoms with van der Waals surface area (Å²) in [5, 5.41) is 3.84. The quantitative estimate of drug-likeness (QED) is 0.332. The average Bonchev–Trinajstić information content (AvgIpc) is 3.20. The maximum atomic E-state index is 12.1. The number of carbonyl (C=O) groups excluding carboxylic acids is 2. The minimum atomic E-state index is -0.498. The normalized spacial score (nSPS) is 10.6. The number of benzene rings is 1. The summed E-state index contributed by atoms with van der Waals surface area (Å²) in [6.07, 6.45) is 3.87. The van der Waals surface area contributed by atoms with E-state index in [9.17, 15) is 9.59 Å². The SMILES string of the molecule is CSc1ccc(C(=O)COC(=O)CCc2nc(-c3ccccn3)no2)cc1. The standard InChI is InChI=1S/C19H17N3O4S/c1-27-14-7-5-13(6-8-14)16(23)12-25-18(24)10-9-17-21-19(22-26-17)15-4-2-3-11-20-15/h2-8,11H,9-10,12H2,1H3. The lowest BCUT2D eigenvalue weighted by Gasteiger charge is -2.04. The molecule has 8 heteroatoms. The van der Waals surface area contributed by atoms with E-state index < -0.39 is 5.97 Å². The summed E-state index contributed by atoms with van der Waals surface area (Å²) >= 11 is 1.59. The van der Waals surface area contributed by atoms with Gasteiger partial charge in [0.05, 0.1) is 6.42 Å². The molecule has 0 fully saturated rings. The van der Waals surface area contributed by atoms with Gasteiger partial charge in [0.2, 0.25) is 11.7 Å². The van der Waals surface area contributed by atoms with Crippen LogP contribution in [0.4, 0.5) is 0 Å². The number of nitrogens with zero attached hydrogens (tertiary/aromatic N) is 3. The number of ether oxygens (including phenoxy) is 1. The van der Waals surface area contributed by atoms with E-state index in [-0.39, 0.29) is 25.2 Å². The van der Waals surface area contributed by atoms with E-state index in [0.29, 0.717) is 23.0 Å². The highest BCUT2D eigenvalue weighted by Crippen LogP contribution is 2.15. The lowest BCUT2D eigenvalue weighted by Crippen LogP contribution is -2.14. The molecule has 0 aliphatic carbocycles. The number of ketones is 1. The zero-order valence-electron chi connectivity index (χ0n) is 14.6. The first-order valence-electron chi connectivity index (χ1n) is 8.22. The zero-order valence-corrected chi connectivity index (χ0v) is 15.4. The molecule has 0 saturated heterocycles. The number of pyridine rings is 1. The maximum Gasteiger partial charge on any atom is 0.306 e. The van der Waals surface area contributed by atoms with Gasteiger partial charge in [-0.25, -0.2) is 0 Å². The summed E-state index contributed by atoms with van der Waals surface area (Å²) in [5.41, 5.74) is 1.10. The number of hydrogen-bond donors (Lipinski definition) is 0. The van der Waals surface area contributed by atoms with E-state index in [1.165, 1.54) is 0 Å². The molecule has 138 valence electrons. The molecule has 0 radical (unpaired) electrons. The molecule has 0 bridgehead atoms. The van der Waals surface area contributed by atoms with Crippen LogP contribution in [0.3, 0.4) is 0 Å². The van der Waals surface area contributed by atoms with Crippen molar-refractivity contribution in [1.29, 1.82) is 0 Å². The molecule has 1 aromatic carbocycles. The molecule has 0 unspecified atom stereocenters. The second-order valence-corrected chi connectivity index (χ2v) is 6.42. The van der Waals surface area contributed by atoms with Crippen LogP contribution >= 0.6 is 11.8 Å². The van der Waals surface area contributed by atoms with Gasteiger partial charge in [-0.05, 0) is 30.5 Å². The molecule has 0 saturated carbocycles. The van der Waals surface area contributed by atoms with Crippen LogP contribution in [-0.4, -0.2) is 39.7 Å². The third-order valence-electron chi connectivity index (χ3n) is 3.68. The fraction of sp³-hybridized carbons (Fsp3) is 0.211. The molecular formula is C19H17N3O4S. The van der Waals surface area contributed by atoms with Gasteiger partial charge in [0.1, 0.15) is 5.69 Å². The third kappa shape index (κ3) is 5.24. The first-order valence-corrected chi connectivity index (χ1v) is 9.45. The Hall–Kier alpha value is -3.00. The minimum Gasteiger partial charge on any atom is -0.457 e. The molecule has 27 heavy (non-hydrogen) atoms. The highest BCUT2D eigenvalue weighted by Gasteiger charge is 2.14. The van der Waals surface area contributed by atoms with Crippen LogP contribution in [0.2, 0.25) is 0 Å². The topological polar surface area (TPSA) is 95.2 Å². The number of aryl methyl sites for hydroxylation is 1. The molecular weight excluding hydrogens is 366 g/mol. The Morgan fingerprint density at radius 3 is 2.67 bits per heavy atom. The summed E-state index contributed by atoms with van der Waals surface area (Å²) < 4.78 is 10.1. The van der Waals surface area contributed by atoms with Crippen molar-refractivity contribution < 1.29 is 18.8 Å². The van der Waals surface area contributed by atoms with Crippen LogP contribution in [0.5, 0.6) is 0 Å². The highest BCUT2D eigenvalue weighted by molar-refractivity contribution is 7.98. The fourth-order valence-corrected chi connectivity index (χ4v) is 2.65. The van der Waals surface area contributed by atoms with Crippen LogP contribution in [0, 0.1) is 0 Å². The largest absolute Gasteiger partial charge is 0.457 e. The number of rotatable bonds is 8. The van der Waals surface area contributed by atoms with Gasteiger partial charge in [-0.1, -0.05) is 23.4 Å². The Kier molecular flexibility index (Phi) is 6.32. The van der Waals surface area contributed by atoms with Crippen molar-refractivity contribution in [1.82, 2.24) is 15.1 Å². The predicted octanol–water partition coefficient (Wildman–Crippen LogP) is 3.21. The molecule has 0 amide bonds. The van der Waals surface area contributed by atoms with Crippen LogP contribution in [0.15, 0.2) is 58.1 Å². The number of hydrogen-bond acceptors (Lipinski definition) is 8. The number of thioether (sulfide) groups is 1. The van der Waals surface area contributed by atoms with Crippen LogP contribution in [0.1, 0.15) is 22.7 Å². The molecule has 0 atom stereocenters. The molecule has 2 heterocycles. The van der Waals surface area contributed by atoms with Crippen molar-refractivity contribution >= 4 is 23.5 Å². The maximum absolute atomic E-state index is 12.1. The van der Waals surface area contributed by atoms with Gasteiger partial charge in [-0.15, -0.1) is 11.8 Å². The smallest absolute Gasteiger partial charge is 0.306 e. The molecule has 0 spiro atoms. The van der Waals surface area contributed by atoms with Crippen molar-refractivity contribution in [3.8, 4) is 11.5 Å². The monoisotopic (exact) mass is 383 g/mol. The summed E-state index contributed by atoms with van der Waals surface area (Å²) in [7, 11) is 0. The summed E-state index contributed by atoms with van der Waals surface area (Å²) in [5.74, 6) is -0.0673. The number of esters is 1. The summed E-state index contributed by atoms with van der Waals surface area (Å²) in [6.45, 7) is -0.291. The van der Waals surface area contributed by atoms with Crippen molar-refractivity contribution in [2.24, 2.45) is 0 Å². The zero-order chi connectivity index (χ0) is 19.1. The minimum absolute atomic E-state index is 0.0442. The van der Waals surface area contributed by atoms with Crippen LogP contribution in [0.25, 0.3) is 11.5 Å². The first kappa shape index (κ1) is 18.8. The lowest BCUT2D eigenvalue weighted by molar-refractivity contribution is -0.142. The van der Waals surface area contributed by atoms with Crippen molar-refractivity contribution in [2.75, 3.05) is 12.9 Å². The highest BCUT2D eigenvalue weighted by atomic mass is 32.2. The molecule has 0 aliphatic heterocycles. The predicted molar refractivity (Wildman–Crippen MR) is 99.4 cm³/mol. The molecule has 7 nitrogen and oxygen atoms in total. The molecule has 2 aromatic heterocycles. The number of carbonyl (C=O) groups is 2. The second-order valence-electron chi connectivity index (χ2n) is 5.54. The Labute approximate surface area is 160 Å². The number of Topliss-reactive ketones (excluding diaryl/α,β-unsaturated/α-hetero) is 1. The fourth-order valence-electron chi connectivity index (χ4n) is 2.24. The average molecular weight is 383 g/mol. The van der Waals surface area contributed by atoms with Gasteiger partial charge in [0.25, 0.3) is 0 Å². The molecule has 0 N–H and O–H groups in total. The van der Waals surface area contributed by atoms with Gasteiger partial charge in [0.15, 0.2) is 12.4 Å². The van der Waals surface area contributed by atoms with Crippen molar-refractivity contribution in [3.63, 3.8) is 0 Å². The van der Waals surface area contributed by atoms with E-state index in [0.717, 1.165) is 4.90 Å². The molecule has 3 aromatic rings. The Bertz CT molecular complexity index is 910. The van der Waals surface area contributed by atoms with E-state index in [2.05, 4.69) is 15.1 Å². The summed E-state index contributed by atoms with van der Waals surface area (Å²) in [6, 6.07) is 12.5. The second kappa shape index (κ2) is 9.09. The van der Waals surface area contributed by atoms with E-state index in [4.69, 9.17) is 9.26 Å². The van der Waals surface area contributed by atoms with E-state index >= 15 is 0 Å². The lowest BCUT2D eigenvalue weighted by atomic mass is 10.1. The van der Waals surface area contributed by atoms with Gasteiger partial charge >= 0.3 is 5.97 Å². The third-order valence-corrected chi connectivity index (χ3v) is 4.42. The van der Waals surface area contributed by atoms with Gasteiger partial charge in [0, 0.05) is 23.1 Å². The van der Waals surface area contributed by atoms with Gasteiger partial charge < -0.3 is 9.26 Å². The van der Waals surface area contributed by atoms with Crippen molar-refractivity contribution in [2.45, 2.75) is 17.7 Å². The van der Waals surface area contributed by atoms with Gasteiger partial charge in [-0.2, -0.15) is 4.98 Å². The Morgan fingerprint density at radius 1 is 1.15 bits per heavy atom.